The van der Waals surface area contributed by atoms with Gasteiger partial charge in [-0.1, -0.05) is 5.57 Å². The molecule has 0 aliphatic carbocycles. The maximum absolute atomic E-state index is 13.9. The molecule has 0 N–H and O–H groups in total. The largest absolute Gasteiger partial charge is 0.302 e. The number of carbonyl (C=O) groups is 2. The van der Waals surface area contributed by atoms with Crippen LogP contribution in [0.1, 0.15) is 29.3 Å². The lowest BCUT2D eigenvalue weighted by Crippen LogP contribution is -2.31. The van der Waals surface area contributed by atoms with Crippen molar-refractivity contribution >= 4 is 17.4 Å². The lowest BCUT2D eigenvalue weighted by atomic mass is 10.1. The maximum Gasteiger partial charge on any atom is 0.299 e. The van der Waals surface area contributed by atoms with Crippen molar-refractivity contribution in [1.29, 1.82) is 0 Å². The topological polar surface area (TPSA) is 37.4 Å². The highest BCUT2D eigenvalue weighted by Gasteiger charge is 2.37. The van der Waals surface area contributed by atoms with Gasteiger partial charge >= 0.3 is 0 Å². The lowest BCUT2D eigenvalue weighted by molar-refractivity contribution is -0.114. The molecule has 0 aromatic heterocycles. The van der Waals surface area contributed by atoms with Crippen LogP contribution < -0.4 is 4.90 Å². The van der Waals surface area contributed by atoms with Crippen molar-refractivity contribution in [2.45, 2.75) is 20.3 Å². The molecule has 18 heavy (non-hydrogen) atoms. The second kappa shape index (κ2) is 4.37. The van der Waals surface area contributed by atoms with Crippen molar-refractivity contribution in [1.82, 2.24) is 0 Å². The third-order valence-corrected chi connectivity index (χ3v) is 2.92. The van der Waals surface area contributed by atoms with Crippen LogP contribution in [-0.2, 0) is 4.79 Å². The lowest BCUT2D eigenvalue weighted by Gasteiger charge is -2.17. The Morgan fingerprint density at radius 1 is 1.39 bits per heavy atom. The molecule has 0 atom stereocenters. The molecule has 0 fully saturated rings. The van der Waals surface area contributed by atoms with Gasteiger partial charge < -0.3 is 4.90 Å². The molecule has 2 rings (SSSR count). The minimum absolute atomic E-state index is 0.108. The number of rotatable bonds is 3. The van der Waals surface area contributed by atoms with Gasteiger partial charge in [0.2, 0.25) is 0 Å². The molecule has 0 unspecified atom stereocenters. The van der Waals surface area contributed by atoms with E-state index in [0.29, 0.717) is 12.0 Å². The van der Waals surface area contributed by atoms with Crippen molar-refractivity contribution in [3.8, 4) is 0 Å². The molecule has 1 aromatic carbocycles. The van der Waals surface area contributed by atoms with Crippen LogP contribution in [0.4, 0.5) is 10.1 Å². The van der Waals surface area contributed by atoms with Gasteiger partial charge in [0.15, 0.2) is 0 Å². The molecule has 0 bridgehead atoms. The molecular formula is C14H14FNO2. The van der Waals surface area contributed by atoms with E-state index in [9.17, 15) is 14.0 Å². The molecular weight excluding hydrogens is 233 g/mol. The summed E-state index contributed by atoms with van der Waals surface area (Å²) < 4.78 is 13.9. The van der Waals surface area contributed by atoms with Crippen LogP contribution >= 0.6 is 0 Å². The predicted octanol–water partition coefficient (Wildman–Crippen LogP) is 2.63. The number of amides is 1. The van der Waals surface area contributed by atoms with E-state index < -0.39 is 17.5 Å². The molecule has 4 heteroatoms. The molecule has 3 nitrogen and oxygen atoms in total. The zero-order valence-electron chi connectivity index (χ0n) is 10.4. The summed E-state index contributed by atoms with van der Waals surface area (Å²) >= 11 is 0. The van der Waals surface area contributed by atoms with E-state index >= 15 is 0 Å². The van der Waals surface area contributed by atoms with Gasteiger partial charge in [-0.25, -0.2) is 4.39 Å². The molecule has 94 valence electrons. The smallest absolute Gasteiger partial charge is 0.299 e. The predicted molar refractivity (Wildman–Crippen MR) is 67.3 cm³/mol. The van der Waals surface area contributed by atoms with Crippen molar-refractivity contribution in [2.75, 3.05) is 11.4 Å². The summed E-state index contributed by atoms with van der Waals surface area (Å²) in [5.74, 6) is -1.81. The molecule has 0 spiro atoms. The van der Waals surface area contributed by atoms with Gasteiger partial charge in [-0.05, 0) is 38.0 Å². The van der Waals surface area contributed by atoms with Gasteiger partial charge in [0.05, 0.1) is 11.3 Å². The molecule has 1 aliphatic rings. The minimum atomic E-state index is -0.657. The summed E-state index contributed by atoms with van der Waals surface area (Å²) in [6, 6.07) is 2.89. The summed E-state index contributed by atoms with van der Waals surface area (Å²) in [6.07, 6.45) is 0.547. The number of ketones is 1. The molecule has 1 amide bonds. The zero-order chi connectivity index (χ0) is 13.4. The summed E-state index contributed by atoms with van der Waals surface area (Å²) in [6.45, 7) is 7.54. The summed E-state index contributed by atoms with van der Waals surface area (Å²) in [5, 5.41) is 0. The molecule has 1 heterocycles. The number of halogens is 1. The third kappa shape index (κ3) is 1.94. The van der Waals surface area contributed by atoms with E-state index in [1.54, 1.807) is 13.0 Å². The van der Waals surface area contributed by atoms with E-state index in [4.69, 9.17) is 0 Å². The third-order valence-electron chi connectivity index (χ3n) is 2.92. The van der Waals surface area contributed by atoms with Gasteiger partial charge in [-0.15, -0.1) is 6.58 Å². The number of fused-ring (bicyclic) bond motifs is 1. The van der Waals surface area contributed by atoms with Gasteiger partial charge in [0.25, 0.3) is 11.7 Å². The molecule has 1 aromatic rings. The van der Waals surface area contributed by atoms with Gasteiger partial charge in [0.1, 0.15) is 5.82 Å². The summed E-state index contributed by atoms with van der Waals surface area (Å²) in [5.41, 5.74) is 1.79. The first kappa shape index (κ1) is 12.5. The average Bonchev–Trinajstić information content (AvgIpc) is 2.51. The number of Topliss-reactive ketones (excluding diaryl/α,β-unsaturated/α-hetero) is 1. The fourth-order valence-electron chi connectivity index (χ4n) is 2.04. The Balaban J connectivity index is 2.45. The van der Waals surface area contributed by atoms with Crippen molar-refractivity contribution in [3.63, 3.8) is 0 Å². The Bertz CT molecular complexity index is 563. The van der Waals surface area contributed by atoms with E-state index in [-0.39, 0.29) is 17.8 Å². The van der Waals surface area contributed by atoms with Crippen molar-refractivity contribution in [2.24, 2.45) is 0 Å². The Hall–Kier alpha value is -1.97. The second-order valence-electron chi connectivity index (χ2n) is 4.64. The van der Waals surface area contributed by atoms with Crippen LogP contribution in [0.2, 0.25) is 0 Å². The monoisotopic (exact) mass is 247 g/mol. The van der Waals surface area contributed by atoms with E-state index in [0.717, 1.165) is 5.57 Å². The fraction of sp³-hybridized carbons (Fsp3) is 0.286. The first-order valence-corrected chi connectivity index (χ1v) is 5.72. The fourth-order valence-corrected chi connectivity index (χ4v) is 2.04. The Morgan fingerprint density at radius 2 is 2.06 bits per heavy atom. The van der Waals surface area contributed by atoms with Gasteiger partial charge in [-0.2, -0.15) is 0 Å². The summed E-state index contributed by atoms with van der Waals surface area (Å²) in [7, 11) is 0. The number of aryl methyl sites for hydroxylation is 1. The zero-order valence-corrected chi connectivity index (χ0v) is 10.4. The van der Waals surface area contributed by atoms with Crippen LogP contribution in [0.25, 0.3) is 0 Å². The first-order valence-electron chi connectivity index (χ1n) is 5.72. The molecule has 1 aliphatic heterocycles. The second-order valence-corrected chi connectivity index (χ2v) is 4.64. The normalized spacial score (nSPS) is 14.1. The number of anilines is 1. The van der Waals surface area contributed by atoms with E-state index in [1.807, 2.05) is 6.92 Å². The number of nitrogens with zero attached hydrogens (tertiary/aromatic N) is 1. The standard InChI is InChI=1S/C14H14FNO2/c1-8(2)4-5-16-12-10(13(17)14(16)18)6-9(3)7-11(12)15/h6-7H,1,4-5H2,2-3H3. The van der Waals surface area contributed by atoms with Crippen LogP contribution in [0.5, 0.6) is 0 Å². The van der Waals surface area contributed by atoms with Gasteiger partial charge in [-0.3, -0.25) is 9.59 Å². The average molecular weight is 247 g/mol. The van der Waals surface area contributed by atoms with Crippen LogP contribution in [-0.4, -0.2) is 18.2 Å². The van der Waals surface area contributed by atoms with E-state index in [2.05, 4.69) is 6.58 Å². The number of carbonyl (C=O) groups excluding carboxylic acids is 2. The van der Waals surface area contributed by atoms with E-state index in [1.165, 1.54) is 11.0 Å². The van der Waals surface area contributed by atoms with Crippen molar-refractivity contribution in [3.05, 3.63) is 41.2 Å². The highest BCUT2D eigenvalue weighted by atomic mass is 19.1. The number of hydrogen-bond donors (Lipinski definition) is 0. The Kier molecular flexibility index (Phi) is 3.03. The van der Waals surface area contributed by atoms with Crippen LogP contribution in [0.15, 0.2) is 24.3 Å². The van der Waals surface area contributed by atoms with Gasteiger partial charge in [0, 0.05) is 6.54 Å². The Labute approximate surface area is 105 Å². The highest BCUT2D eigenvalue weighted by molar-refractivity contribution is 6.52. The molecule has 0 saturated heterocycles. The van der Waals surface area contributed by atoms with Crippen LogP contribution in [0.3, 0.4) is 0 Å². The molecule has 0 saturated carbocycles. The highest BCUT2D eigenvalue weighted by Crippen LogP contribution is 2.33. The maximum atomic E-state index is 13.9. The summed E-state index contributed by atoms with van der Waals surface area (Å²) in [4.78, 5) is 24.8. The van der Waals surface area contributed by atoms with Crippen LogP contribution in [0, 0.1) is 12.7 Å². The Morgan fingerprint density at radius 3 is 2.67 bits per heavy atom. The molecule has 0 radical (unpaired) electrons. The van der Waals surface area contributed by atoms with Crippen molar-refractivity contribution < 1.29 is 14.0 Å². The first-order chi connectivity index (χ1) is 8.41. The SMILES string of the molecule is C=C(C)CCN1C(=O)C(=O)c2cc(C)cc(F)c21. The minimum Gasteiger partial charge on any atom is -0.302 e. The number of hydrogen-bond acceptors (Lipinski definition) is 2. The number of benzene rings is 1. The quantitative estimate of drug-likeness (QED) is 0.608.